The number of amides is 1. The summed E-state index contributed by atoms with van der Waals surface area (Å²) in [6, 6.07) is 2.59. The number of hydrogen-bond donors (Lipinski definition) is 2. The van der Waals surface area contributed by atoms with Crippen LogP contribution in [0.1, 0.15) is 18.5 Å². The number of ether oxygens (including phenoxy) is 1. The van der Waals surface area contributed by atoms with Crippen molar-refractivity contribution in [3.8, 4) is 0 Å². The van der Waals surface area contributed by atoms with Gasteiger partial charge in [-0.15, -0.1) is 0 Å². The summed E-state index contributed by atoms with van der Waals surface area (Å²) in [5.41, 5.74) is 1.81. The van der Waals surface area contributed by atoms with Crippen LogP contribution in [-0.4, -0.2) is 35.7 Å². The summed E-state index contributed by atoms with van der Waals surface area (Å²) in [5, 5.41) is 2.77. The van der Waals surface area contributed by atoms with Crippen molar-refractivity contribution >= 4 is 29.2 Å². The second kappa shape index (κ2) is 6.36. The highest BCUT2D eigenvalue weighted by atomic mass is 32.1. The molecule has 1 atom stereocenters. The Bertz CT molecular complexity index is 723. The van der Waals surface area contributed by atoms with Gasteiger partial charge in [-0.1, -0.05) is 0 Å². The van der Waals surface area contributed by atoms with Gasteiger partial charge in [0.05, 0.1) is 17.6 Å². The minimum Gasteiger partial charge on any atom is -0.383 e. The summed E-state index contributed by atoms with van der Waals surface area (Å²) in [6.07, 6.45) is 0. The van der Waals surface area contributed by atoms with Crippen molar-refractivity contribution in [2.24, 2.45) is 0 Å². The van der Waals surface area contributed by atoms with E-state index in [2.05, 4.69) is 10.3 Å². The zero-order valence-electron chi connectivity index (χ0n) is 12.2. The minimum absolute atomic E-state index is 0.161. The van der Waals surface area contributed by atoms with E-state index in [-0.39, 0.29) is 11.7 Å². The van der Waals surface area contributed by atoms with Gasteiger partial charge in [-0.25, -0.2) is 4.39 Å². The monoisotopic (exact) mass is 311 g/mol. The molecular formula is C14H18FN3O2S. The molecule has 0 saturated heterocycles. The molecule has 0 radical (unpaired) electrons. The number of carbonyl (C=O) groups is 1. The number of aromatic amines is 1. The first-order chi connectivity index (χ1) is 9.95. The molecule has 1 amide bonds. The van der Waals surface area contributed by atoms with Crippen LogP contribution >= 0.6 is 12.2 Å². The fourth-order valence-electron chi connectivity index (χ4n) is 2.18. The zero-order chi connectivity index (χ0) is 15.6. The summed E-state index contributed by atoms with van der Waals surface area (Å²) < 4.78 is 20.6. The number of nitrogens with one attached hydrogen (secondary N) is 2. The lowest BCUT2D eigenvalue weighted by Crippen LogP contribution is -2.33. The van der Waals surface area contributed by atoms with Crippen molar-refractivity contribution in [3.63, 3.8) is 0 Å². The molecule has 0 aliphatic carbocycles. The van der Waals surface area contributed by atoms with Gasteiger partial charge in [0.1, 0.15) is 11.9 Å². The molecule has 1 unspecified atom stereocenters. The molecular weight excluding hydrogens is 293 g/mol. The third-order valence-corrected chi connectivity index (χ3v) is 3.67. The Balaban J connectivity index is 2.37. The van der Waals surface area contributed by atoms with Crippen molar-refractivity contribution in [2.75, 3.05) is 20.3 Å². The number of carbonyl (C=O) groups excluding carboxylic acids is 1. The Morgan fingerprint density at radius 2 is 2.29 bits per heavy atom. The van der Waals surface area contributed by atoms with Gasteiger partial charge in [0, 0.05) is 13.7 Å². The Hall–Kier alpha value is -1.73. The molecule has 1 aromatic carbocycles. The van der Waals surface area contributed by atoms with Gasteiger partial charge in [0.2, 0.25) is 5.91 Å². The van der Waals surface area contributed by atoms with Crippen molar-refractivity contribution in [1.82, 2.24) is 14.9 Å². The number of H-pyrrole nitrogens is 1. The summed E-state index contributed by atoms with van der Waals surface area (Å²) in [4.78, 5) is 15.1. The molecule has 2 aromatic rings. The number of aryl methyl sites for hydroxylation is 1. The van der Waals surface area contributed by atoms with Crippen LogP contribution in [0, 0.1) is 17.5 Å². The normalized spacial score (nSPS) is 12.6. The highest BCUT2D eigenvalue weighted by Gasteiger charge is 2.19. The predicted molar refractivity (Wildman–Crippen MR) is 81.4 cm³/mol. The molecule has 0 aliphatic heterocycles. The molecule has 5 nitrogen and oxygen atoms in total. The van der Waals surface area contributed by atoms with Gasteiger partial charge in [-0.3, -0.25) is 4.79 Å². The highest BCUT2D eigenvalue weighted by Crippen LogP contribution is 2.22. The van der Waals surface area contributed by atoms with E-state index in [9.17, 15) is 9.18 Å². The molecule has 1 aromatic heterocycles. The van der Waals surface area contributed by atoms with Crippen molar-refractivity contribution in [2.45, 2.75) is 19.9 Å². The van der Waals surface area contributed by atoms with Gasteiger partial charge in [-0.2, -0.15) is 0 Å². The maximum absolute atomic E-state index is 13.6. The van der Waals surface area contributed by atoms with Gasteiger partial charge in [0.25, 0.3) is 0 Å². The topological polar surface area (TPSA) is 59.0 Å². The Labute approximate surface area is 127 Å². The highest BCUT2D eigenvalue weighted by molar-refractivity contribution is 7.71. The second-order valence-corrected chi connectivity index (χ2v) is 5.27. The van der Waals surface area contributed by atoms with Gasteiger partial charge < -0.3 is 19.6 Å². The zero-order valence-corrected chi connectivity index (χ0v) is 13.0. The fourth-order valence-corrected chi connectivity index (χ4v) is 2.54. The van der Waals surface area contributed by atoms with E-state index in [1.165, 1.54) is 6.07 Å². The number of hydrogen-bond acceptors (Lipinski definition) is 3. The molecule has 2 N–H and O–H groups in total. The van der Waals surface area contributed by atoms with Crippen LogP contribution < -0.4 is 5.32 Å². The van der Waals surface area contributed by atoms with E-state index in [1.807, 2.05) is 0 Å². The molecule has 0 spiro atoms. The lowest BCUT2D eigenvalue weighted by atomic mass is 10.2. The molecule has 7 heteroatoms. The average Bonchev–Trinajstić information content (AvgIpc) is 2.74. The van der Waals surface area contributed by atoms with Crippen LogP contribution in [0.3, 0.4) is 0 Å². The maximum atomic E-state index is 13.6. The molecule has 0 bridgehead atoms. The number of nitrogens with zero attached hydrogens (tertiary/aromatic N) is 1. The number of halogens is 1. The first-order valence-electron chi connectivity index (χ1n) is 6.62. The quantitative estimate of drug-likeness (QED) is 0.659. The van der Waals surface area contributed by atoms with Crippen LogP contribution in [0.2, 0.25) is 0 Å². The van der Waals surface area contributed by atoms with E-state index in [1.54, 1.807) is 31.6 Å². The second-order valence-electron chi connectivity index (χ2n) is 4.88. The third kappa shape index (κ3) is 3.14. The first kappa shape index (κ1) is 15.7. The third-order valence-electron chi connectivity index (χ3n) is 3.37. The lowest BCUT2D eigenvalue weighted by Gasteiger charge is -2.15. The van der Waals surface area contributed by atoms with Crippen LogP contribution in [0.25, 0.3) is 11.0 Å². The van der Waals surface area contributed by atoms with E-state index in [0.717, 1.165) is 0 Å². The van der Waals surface area contributed by atoms with E-state index >= 15 is 0 Å². The van der Waals surface area contributed by atoms with Gasteiger partial charge >= 0.3 is 0 Å². The van der Waals surface area contributed by atoms with Crippen molar-refractivity contribution < 1.29 is 13.9 Å². The standard InChI is InChI=1S/C14H18FN3O2S/c1-8-6-12-11(7-10(8)15)17-14(21)18(12)9(2)13(19)16-4-5-20-3/h6-7,9H,4-5H2,1-3H3,(H,16,19)(H,17,21). The summed E-state index contributed by atoms with van der Waals surface area (Å²) in [5.74, 6) is -0.464. The van der Waals surface area contributed by atoms with Crippen molar-refractivity contribution in [1.29, 1.82) is 0 Å². The van der Waals surface area contributed by atoms with Crippen LogP contribution in [0.5, 0.6) is 0 Å². The smallest absolute Gasteiger partial charge is 0.242 e. The number of imidazole rings is 1. The molecule has 1 heterocycles. The summed E-state index contributed by atoms with van der Waals surface area (Å²) >= 11 is 5.25. The number of aromatic nitrogens is 2. The molecule has 114 valence electrons. The Kier molecular flexibility index (Phi) is 4.74. The first-order valence-corrected chi connectivity index (χ1v) is 7.03. The predicted octanol–water partition coefficient (Wildman–Crippen LogP) is 2.47. The average molecular weight is 311 g/mol. The Morgan fingerprint density at radius 3 is 2.95 bits per heavy atom. The molecule has 0 aliphatic rings. The number of benzene rings is 1. The number of rotatable bonds is 5. The van der Waals surface area contributed by atoms with E-state index < -0.39 is 6.04 Å². The fraction of sp³-hybridized carbons (Fsp3) is 0.429. The van der Waals surface area contributed by atoms with Crippen LogP contribution in [-0.2, 0) is 9.53 Å². The molecule has 21 heavy (non-hydrogen) atoms. The van der Waals surface area contributed by atoms with Gasteiger partial charge in [0.15, 0.2) is 4.77 Å². The summed E-state index contributed by atoms with van der Waals surface area (Å²) in [7, 11) is 1.57. The van der Waals surface area contributed by atoms with Gasteiger partial charge in [-0.05, 0) is 43.8 Å². The molecule has 2 rings (SSSR count). The van der Waals surface area contributed by atoms with Crippen LogP contribution in [0.15, 0.2) is 12.1 Å². The number of fused-ring (bicyclic) bond motifs is 1. The Morgan fingerprint density at radius 1 is 1.57 bits per heavy atom. The summed E-state index contributed by atoms with van der Waals surface area (Å²) in [6.45, 7) is 4.31. The maximum Gasteiger partial charge on any atom is 0.242 e. The van der Waals surface area contributed by atoms with Crippen LogP contribution in [0.4, 0.5) is 4.39 Å². The SMILES string of the molecule is COCCNC(=O)C(C)n1c(=S)[nH]c2cc(F)c(C)cc21. The van der Waals surface area contributed by atoms with E-state index in [0.29, 0.717) is 34.5 Å². The minimum atomic E-state index is -0.493. The largest absolute Gasteiger partial charge is 0.383 e. The van der Waals surface area contributed by atoms with E-state index in [4.69, 9.17) is 17.0 Å². The molecule has 0 saturated carbocycles. The lowest BCUT2D eigenvalue weighted by molar-refractivity contribution is -0.124. The number of methoxy groups -OCH3 is 1. The van der Waals surface area contributed by atoms with Crippen molar-refractivity contribution in [3.05, 3.63) is 28.3 Å². The molecule has 0 fully saturated rings.